The van der Waals surface area contributed by atoms with Crippen LogP contribution in [0.2, 0.25) is 0 Å². The van der Waals surface area contributed by atoms with E-state index in [4.69, 9.17) is 21.4 Å². The lowest BCUT2D eigenvalue weighted by Crippen LogP contribution is -2.37. The minimum Gasteiger partial charge on any atom is -0.484 e. The van der Waals surface area contributed by atoms with Crippen LogP contribution >= 0.6 is 12.2 Å². The normalized spacial score (nSPS) is 10.0. The van der Waals surface area contributed by atoms with E-state index in [1.807, 2.05) is 18.2 Å². The van der Waals surface area contributed by atoms with Crippen molar-refractivity contribution in [3.63, 3.8) is 0 Å². The van der Waals surface area contributed by atoms with Crippen LogP contribution in [0.25, 0.3) is 0 Å². The molecule has 0 bridgehead atoms. The highest BCUT2D eigenvalue weighted by Gasteiger charge is 2.10. The third kappa shape index (κ3) is 5.68. The largest absolute Gasteiger partial charge is 0.484 e. The summed E-state index contributed by atoms with van der Waals surface area (Å²) in [5.74, 6) is 0.0517. The summed E-state index contributed by atoms with van der Waals surface area (Å²) in [7, 11) is 0. The Balaban J connectivity index is 1.49. The molecule has 7 nitrogen and oxygen atoms in total. The predicted octanol–water partition coefficient (Wildman–Crippen LogP) is 3.42. The van der Waals surface area contributed by atoms with Crippen molar-refractivity contribution in [1.82, 2.24) is 5.32 Å². The number of rotatable bonds is 6. The van der Waals surface area contributed by atoms with Crippen molar-refractivity contribution in [2.24, 2.45) is 0 Å². The Bertz CT molecular complexity index is 959. The molecule has 1 aromatic heterocycles. The first-order valence-electron chi connectivity index (χ1n) is 8.34. The smallest absolute Gasteiger partial charge is 0.291 e. The third-order valence-electron chi connectivity index (χ3n) is 3.49. The first-order chi connectivity index (χ1) is 13.6. The molecule has 0 saturated heterocycles. The third-order valence-corrected chi connectivity index (χ3v) is 3.69. The van der Waals surface area contributed by atoms with E-state index < -0.39 is 0 Å². The maximum absolute atomic E-state index is 12.0. The Labute approximate surface area is 166 Å². The lowest BCUT2D eigenvalue weighted by molar-refractivity contribution is -0.121. The standard InChI is InChI=1S/C20H17N3O4S/c24-18(13-27-16-8-2-1-3-9-16)23-20(28)22-15-7-4-6-14(12-15)21-19(25)17-10-5-11-26-17/h1-12H,13H2,(H,21,25)(H2,22,23,24,28). The monoisotopic (exact) mass is 395 g/mol. The van der Waals surface area contributed by atoms with Crippen molar-refractivity contribution >= 4 is 40.5 Å². The number of nitrogens with one attached hydrogen (secondary N) is 3. The summed E-state index contributed by atoms with van der Waals surface area (Å²) in [5.41, 5.74) is 1.15. The zero-order valence-electron chi connectivity index (χ0n) is 14.7. The fourth-order valence-corrected chi connectivity index (χ4v) is 2.50. The average Bonchev–Trinajstić information content (AvgIpc) is 3.22. The molecule has 1 heterocycles. The number of furan rings is 1. The number of benzene rings is 2. The Morgan fingerprint density at radius 2 is 1.68 bits per heavy atom. The number of hydrogen-bond acceptors (Lipinski definition) is 5. The van der Waals surface area contributed by atoms with E-state index in [0.29, 0.717) is 17.1 Å². The number of anilines is 2. The van der Waals surface area contributed by atoms with Gasteiger partial charge < -0.3 is 19.8 Å². The lowest BCUT2D eigenvalue weighted by Gasteiger charge is -2.11. The van der Waals surface area contributed by atoms with Gasteiger partial charge in [0.25, 0.3) is 11.8 Å². The minimum absolute atomic E-state index is 0.121. The average molecular weight is 395 g/mol. The van der Waals surface area contributed by atoms with Crippen molar-refractivity contribution in [3.8, 4) is 5.75 Å². The molecule has 0 aliphatic heterocycles. The molecular formula is C20H17N3O4S. The fraction of sp³-hybridized carbons (Fsp3) is 0.0500. The van der Waals surface area contributed by atoms with Crippen molar-refractivity contribution in [2.75, 3.05) is 17.2 Å². The molecule has 3 aromatic rings. The molecule has 0 aliphatic carbocycles. The molecule has 3 rings (SSSR count). The van der Waals surface area contributed by atoms with Crippen LogP contribution in [-0.4, -0.2) is 23.5 Å². The fourth-order valence-electron chi connectivity index (χ4n) is 2.27. The van der Waals surface area contributed by atoms with Gasteiger partial charge in [-0.2, -0.15) is 0 Å². The Morgan fingerprint density at radius 1 is 0.929 bits per heavy atom. The second-order valence-corrected chi connectivity index (χ2v) is 6.02. The maximum atomic E-state index is 12.0. The van der Waals surface area contributed by atoms with Crippen LogP contribution in [0, 0.1) is 0 Å². The molecule has 2 amide bonds. The van der Waals surface area contributed by atoms with Crippen LogP contribution in [-0.2, 0) is 4.79 Å². The highest BCUT2D eigenvalue weighted by molar-refractivity contribution is 7.80. The molecule has 0 atom stereocenters. The van der Waals surface area contributed by atoms with Gasteiger partial charge in [0, 0.05) is 11.4 Å². The Hall–Kier alpha value is -3.65. The highest BCUT2D eigenvalue weighted by Crippen LogP contribution is 2.16. The molecule has 0 radical (unpaired) electrons. The van der Waals surface area contributed by atoms with Gasteiger partial charge in [-0.25, -0.2) is 0 Å². The summed E-state index contributed by atoms with van der Waals surface area (Å²) in [4.78, 5) is 24.0. The number of thiocarbonyl (C=S) groups is 1. The molecule has 2 aromatic carbocycles. The van der Waals surface area contributed by atoms with E-state index in [-0.39, 0.29) is 29.3 Å². The van der Waals surface area contributed by atoms with E-state index in [1.165, 1.54) is 6.26 Å². The van der Waals surface area contributed by atoms with Gasteiger partial charge in [0.15, 0.2) is 17.5 Å². The number of amides is 2. The van der Waals surface area contributed by atoms with Gasteiger partial charge >= 0.3 is 0 Å². The van der Waals surface area contributed by atoms with Crippen molar-refractivity contribution in [3.05, 3.63) is 78.8 Å². The van der Waals surface area contributed by atoms with Crippen LogP contribution in [0.5, 0.6) is 5.75 Å². The zero-order chi connectivity index (χ0) is 19.8. The molecule has 0 aliphatic rings. The minimum atomic E-state index is -0.386. The van der Waals surface area contributed by atoms with E-state index in [0.717, 1.165) is 0 Å². The number of carbonyl (C=O) groups is 2. The van der Waals surface area contributed by atoms with Crippen LogP contribution in [0.3, 0.4) is 0 Å². The number of para-hydroxylation sites is 1. The number of ether oxygens (including phenoxy) is 1. The summed E-state index contributed by atoms with van der Waals surface area (Å²) < 4.78 is 10.4. The SMILES string of the molecule is O=C(COc1ccccc1)NC(=S)Nc1cccc(NC(=O)c2ccco2)c1. The van der Waals surface area contributed by atoms with Crippen LogP contribution < -0.4 is 20.7 Å². The van der Waals surface area contributed by atoms with Gasteiger partial charge in [-0.15, -0.1) is 0 Å². The molecule has 28 heavy (non-hydrogen) atoms. The highest BCUT2D eigenvalue weighted by atomic mass is 32.1. The quantitative estimate of drug-likeness (QED) is 0.554. The van der Waals surface area contributed by atoms with Gasteiger partial charge in [-0.1, -0.05) is 24.3 Å². The molecule has 3 N–H and O–H groups in total. The summed E-state index contributed by atoms with van der Waals surface area (Å²) in [6.45, 7) is -0.162. The Kier molecular flexibility index (Phi) is 6.37. The first kappa shape index (κ1) is 19.1. The van der Waals surface area contributed by atoms with Crippen molar-refractivity contribution in [1.29, 1.82) is 0 Å². The predicted molar refractivity (Wildman–Crippen MR) is 109 cm³/mol. The van der Waals surface area contributed by atoms with E-state index in [9.17, 15) is 9.59 Å². The summed E-state index contributed by atoms with van der Waals surface area (Å²) in [5, 5.41) is 8.26. The van der Waals surface area contributed by atoms with Gasteiger partial charge in [-0.3, -0.25) is 14.9 Å². The van der Waals surface area contributed by atoms with Gasteiger partial charge in [0.05, 0.1) is 6.26 Å². The van der Waals surface area contributed by atoms with E-state index >= 15 is 0 Å². The van der Waals surface area contributed by atoms with Gasteiger partial charge in [0.2, 0.25) is 0 Å². The van der Waals surface area contributed by atoms with E-state index in [1.54, 1.807) is 48.5 Å². The molecule has 0 fully saturated rings. The molecule has 0 saturated carbocycles. The van der Waals surface area contributed by atoms with Crippen LogP contribution in [0.4, 0.5) is 11.4 Å². The summed E-state index contributed by atoms with van der Waals surface area (Å²) >= 11 is 5.14. The topological polar surface area (TPSA) is 92.6 Å². The zero-order valence-corrected chi connectivity index (χ0v) is 15.5. The molecular weight excluding hydrogens is 378 g/mol. The van der Waals surface area contributed by atoms with Crippen LogP contribution in [0.1, 0.15) is 10.6 Å². The van der Waals surface area contributed by atoms with Gasteiger partial charge in [-0.05, 0) is 54.7 Å². The number of hydrogen-bond donors (Lipinski definition) is 3. The summed E-state index contributed by atoms with van der Waals surface area (Å²) in [6.07, 6.45) is 1.43. The summed E-state index contributed by atoms with van der Waals surface area (Å²) in [6, 6.07) is 19.1. The van der Waals surface area contributed by atoms with Crippen molar-refractivity contribution in [2.45, 2.75) is 0 Å². The van der Waals surface area contributed by atoms with Crippen molar-refractivity contribution < 1.29 is 18.7 Å². The lowest BCUT2D eigenvalue weighted by atomic mass is 10.2. The maximum Gasteiger partial charge on any atom is 0.291 e. The second-order valence-electron chi connectivity index (χ2n) is 5.62. The van der Waals surface area contributed by atoms with Gasteiger partial charge in [0.1, 0.15) is 5.75 Å². The van der Waals surface area contributed by atoms with E-state index in [2.05, 4.69) is 16.0 Å². The first-order valence-corrected chi connectivity index (χ1v) is 8.74. The molecule has 142 valence electrons. The van der Waals surface area contributed by atoms with Crippen LogP contribution in [0.15, 0.2) is 77.4 Å². The molecule has 0 unspecified atom stereocenters. The molecule has 0 spiro atoms. The second kappa shape index (κ2) is 9.33. The Morgan fingerprint density at radius 3 is 2.39 bits per heavy atom. The molecule has 8 heteroatoms. The number of carbonyl (C=O) groups excluding carboxylic acids is 2.